The molecule has 0 N–H and O–H groups in total. The van der Waals surface area contributed by atoms with Gasteiger partial charge in [-0.15, -0.1) is 0 Å². The summed E-state index contributed by atoms with van der Waals surface area (Å²) in [7, 11) is -0.759. The summed E-state index contributed by atoms with van der Waals surface area (Å²) in [6, 6.07) is 0.217. The standard InChI is InChI=1S/C8H15NO3S/c1-9(4-8-5-12-8)7-2-3-13(10,11)6-7/h7-8H,2-6H2,1H3/t7?,8-/m0/s1. The Hall–Kier alpha value is -0.130. The van der Waals surface area contributed by atoms with Gasteiger partial charge in [-0.2, -0.15) is 0 Å². The van der Waals surface area contributed by atoms with Gasteiger partial charge in [0.05, 0.1) is 24.2 Å². The van der Waals surface area contributed by atoms with E-state index in [-0.39, 0.29) is 6.04 Å². The molecule has 2 fully saturated rings. The number of hydrogen-bond donors (Lipinski definition) is 0. The largest absolute Gasteiger partial charge is 0.372 e. The molecule has 76 valence electrons. The van der Waals surface area contributed by atoms with Crippen LogP contribution in [0.25, 0.3) is 0 Å². The van der Waals surface area contributed by atoms with E-state index in [1.54, 1.807) is 0 Å². The zero-order valence-electron chi connectivity index (χ0n) is 7.77. The Morgan fingerprint density at radius 3 is 2.69 bits per heavy atom. The van der Waals surface area contributed by atoms with E-state index in [4.69, 9.17) is 4.74 Å². The number of ether oxygens (including phenoxy) is 1. The van der Waals surface area contributed by atoms with Gasteiger partial charge in [-0.1, -0.05) is 0 Å². The van der Waals surface area contributed by atoms with Crippen molar-refractivity contribution in [3.8, 4) is 0 Å². The Balaban J connectivity index is 1.87. The maximum absolute atomic E-state index is 11.2. The van der Waals surface area contributed by atoms with E-state index < -0.39 is 9.84 Å². The number of nitrogens with zero attached hydrogens (tertiary/aromatic N) is 1. The summed E-state index contributed by atoms with van der Waals surface area (Å²) in [5.74, 6) is 0.684. The second-order valence-electron chi connectivity index (χ2n) is 3.95. The van der Waals surface area contributed by atoms with Gasteiger partial charge in [-0.25, -0.2) is 8.42 Å². The Kier molecular flexibility index (Phi) is 2.33. The van der Waals surface area contributed by atoms with Crippen molar-refractivity contribution in [3.05, 3.63) is 0 Å². The summed E-state index contributed by atoms with van der Waals surface area (Å²) in [6.07, 6.45) is 1.14. The summed E-state index contributed by atoms with van der Waals surface area (Å²) in [4.78, 5) is 2.11. The Morgan fingerprint density at radius 2 is 2.23 bits per heavy atom. The summed E-state index contributed by atoms with van der Waals surface area (Å²) < 4.78 is 27.5. The fourth-order valence-corrected chi connectivity index (χ4v) is 3.57. The quantitative estimate of drug-likeness (QED) is 0.583. The molecule has 13 heavy (non-hydrogen) atoms. The van der Waals surface area contributed by atoms with Gasteiger partial charge in [0.2, 0.25) is 0 Å². The van der Waals surface area contributed by atoms with Crippen LogP contribution in [0.4, 0.5) is 0 Å². The summed E-state index contributed by atoms with van der Waals surface area (Å²) in [6.45, 7) is 1.71. The van der Waals surface area contributed by atoms with Gasteiger partial charge in [0.1, 0.15) is 0 Å². The highest BCUT2D eigenvalue weighted by atomic mass is 32.2. The third kappa shape index (κ3) is 2.42. The molecule has 0 radical (unpaired) electrons. The van der Waals surface area contributed by atoms with Gasteiger partial charge in [-0.05, 0) is 13.5 Å². The third-order valence-electron chi connectivity index (χ3n) is 2.73. The van der Waals surface area contributed by atoms with Crippen LogP contribution in [0, 0.1) is 0 Å². The highest BCUT2D eigenvalue weighted by Gasteiger charge is 2.33. The van der Waals surface area contributed by atoms with Crippen LogP contribution in [0.15, 0.2) is 0 Å². The topological polar surface area (TPSA) is 49.9 Å². The summed E-state index contributed by atoms with van der Waals surface area (Å²) >= 11 is 0. The van der Waals surface area contributed by atoms with Crippen LogP contribution in [0.5, 0.6) is 0 Å². The van der Waals surface area contributed by atoms with E-state index in [0.29, 0.717) is 17.6 Å². The number of likely N-dealkylation sites (N-methyl/N-ethyl adjacent to an activating group) is 1. The van der Waals surface area contributed by atoms with Crippen molar-refractivity contribution in [3.63, 3.8) is 0 Å². The van der Waals surface area contributed by atoms with Gasteiger partial charge < -0.3 is 4.74 Å². The third-order valence-corrected chi connectivity index (χ3v) is 4.48. The molecule has 0 spiro atoms. The molecule has 2 saturated heterocycles. The van der Waals surface area contributed by atoms with E-state index in [1.165, 1.54) is 0 Å². The molecule has 2 atom stereocenters. The Bertz CT molecular complexity index is 284. The molecular formula is C8H15NO3S. The molecule has 2 rings (SSSR count). The van der Waals surface area contributed by atoms with Crippen molar-refractivity contribution in [2.75, 3.05) is 31.7 Å². The van der Waals surface area contributed by atoms with Crippen LogP contribution in [-0.2, 0) is 14.6 Å². The SMILES string of the molecule is CN(C[C@H]1CO1)C1CCS(=O)(=O)C1. The first-order valence-electron chi connectivity index (χ1n) is 4.59. The van der Waals surface area contributed by atoms with Gasteiger partial charge >= 0.3 is 0 Å². The lowest BCUT2D eigenvalue weighted by atomic mass is 10.2. The summed E-state index contributed by atoms with van der Waals surface area (Å²) in [5.41, 5.74) is 0. The van der Waals surface area contributed by atoms with E-state index in [2.05, 4.69) is 4.90 Å². The first-order chi connectivity index (χ1) is 6.07. The molecule has 5 heteroatoms. The van der Waals surface area contributed by atoms with Crippen molar-refractivity contribution in [1.29, 1.82) is 0 Å². The molecule has 0 saturated carbocycles. The van der Waals surface area contributed by atoms with Gasteiger partial charge in [0, 0.05) is 12.6 Å². The van der Waals surface area contributed by atoms with Gasteiger partial charge in [-0.3, -0.25) is 4.90 Å². The van der Waals surface area contributed by atoms with Crippen molar-refractivity contribution in [1.82, 2.24) is 4.90 Å². The molecule has 0 aromatic rings. The van der Waals surface area contributed by atoms with Crippen LogP contribution in [0.1, 0.15) is 6.42 Å². The fourth-order valence-electron chi connectivity index (χ4n) is 1.77. The minimum absolute atomic E-state index is 0.217. The van der Waals surface area contributed by atoms with Crippen molar-refractivity contribution in [2.24, 2.45) is 0 Å². The predicted octanol–water partition coefficient (Wildman–Crippen LogP) is -0.496. The van der Waals surface area contributed by atoms with Gasteiger partial charge in [0.15, 0.2) is 9.84 Å². The number of sulfone groups is 1. The molecule has 0 aliphatic carbocycles. The van der Waals surface area contributed by atoms with E-state index in [0.717, 1.165) is 19.6 Å². The van der Waals surface area contributed by atoms with Crippen LogP contribution < -0.4 is 0 Å². The molecule has 0 aromatic heterocycles. The van der Waals surface area contributed by atoms with Gasteiger partial charge in [0.25, 0.3) is 0 Å². The second-order valence-corrected chi connectivity index (χ2v) is 6.18. The molecule has 2 aliphatic rings. The van der Waals surface area contributed by atoms with Crippen LogP contribution in [0.3, 0.4) is 0 Å². The summed E-state index contributed by atoms with van der Waals surface area (Å²) in [5, 5.41) is 0. The highest BCUT2D eigenvalue weighted by Crippen LogP contribution is 2.19. The Labute approximate surface area is 78.8 Å². The predicted molar refractivity (Wildman–Crippen MR) is 49.4 cm³/mol. The minimum atomic E-state index is -2.74. The van der Waals surface area contributed by atoms with Crippen LogP contribution in [-0.4, -0.2) is 57.2 Å². The van der Waals surface area contributed by atoms with Crippen molar-refractivity contribution >= 4 is 9.84 Å². The molecule has 1 unspecified atom stereocenters. The molecule has 2 heterocycles. The molecule has 2 aliphatic heterocycles. The number of epoxide rings is 1. The van der Waals surface area contributed by atoms with E-state index in [1.807, 2.05) is 7.05 Å². The number of rotatable bonds is 3. The van der Waals surface area contributed by atoms with E-state index in [9.17, 15) is 8.42 Å². The lowest BCUT2D eigenvalue weighted by Gasteiger charge is -2.21. The van der Waals surface area contributed by atoms with Crippen molar-refractivity contribution < 1.29 is 13.2 Å². The van der Waals surface area contributed by atoms with Crippen molar-refractivity contribution in [2.45, 2.75) is 18.6 Å². The normalized spacial score (nSPS) is 36.8. The molecule has 0 aromatic carbocycles. The van der Waals surface area contributed by atoms with Crippen LogP contribution in [0.2, 0.25) is 0 Å². The molecule has 0 bridgehead atoms. The average molecular weight is 205 g/mol. The lowest BCUT2D eigenvalue weighted by molar-refractivity contribution is 0.233. The van der Waals surface area contributed by atoms with Crippen LogP contribution >= 0.6 is 0 Å². The first kappa shape index (κ1) is 9.43. The fraction of sp³-hybridized carbons (Fsp3) is 1.00. The smallest absolute Gasteiger partial charge is 0.151 e. The first-order valence-corrected chi connectivity index (χ1v) is 6.41. The lowest BCUT2D eigenvalue weighted by Crippen LogP contribution is -2.35. The minimum Gasteiger partial charge on any atom is -0.372 e. The molecule has 4 nitrogen and oxygen atoms in total. The molecule has 0 amide bonds. The van der Waals surface area contributed by atoms with E-state index >= 15 is 0 Å². The molecular weight excluding hydrogens is 190 g/mol. The average Bonchev–Trinajstić information content (AvgIpc) is 2.75. The maximum Gasteiger partial charge on any atom is 0.151 e. The second kappa shape index (κ2) is 3.22. The maximum atomic E-state index is 11.2. The zero-order valence-corrected chi connectivity index (χ0v) is 8.59. The monoisotopic (exact) mass is 205 g/mol. The Morgan fingerprint density at radius 1 is 1.54 bits per heavy atom. The highest BCUT2D eigenvalue weighted by molar-refractivity contribution is 7.91. The zero-order chi connectivity index (χ0) is 9.47. The number of hydrogen-bond acceptors (Lipinski definition) is 4.